The van der Waals surface area contributed by atoms with Gasteiger partial charge in [-0.25, -0.2) is 0 Å². The second-order valence-corrected chi connectivity index (χ2v) is 7.10. The molecule has 0 aromatic heterocycles. The number of nitrogens with one attached hydrogen (secondary N) is 2. The highest BCUT2D eigenvalue weighted by Gasteiger charge is 2.14. The quantitative estimate of drug-likeness (QED) is 0.540. The van der Waals surface area contributed by atoms with Crippen LogP contribution in [0.1, 0.15) is 11.6 Å². The predicted molar refractivity (Wildman–Crippen MR) is 105 cm³/mol. The van der Waals surface area contributed by atoms with E-state index in [0.717, 1.165) is 5.69 Å². The van der Waals surface area contributed by atoms with E-state index in [4.69, 9.17) is 12.2 Å². The van der Waals surface area contributed by atoms with Gasteiger partial charge in [0.25, 0.3) is 5.76 Å². The lowest BCUT2D eigenvalue weighted by Gasteiger charge is -2.25. The zero-order valence-corrected chi connectivity index (χ0v) is 15.7. The van der Waals surface area contributed by atoms with Gasteiger partial charge in [-0.1, -0.05) is 42.1 Å². The Bertz CT molecular complexity index is 664. The first kappa shape index (κ1) is 19.6. The fourth-order valence-corrected chi connectivity index (χ4v) is 3.06. The summed E-state index contributed by atoms with van der Waals surface area (Å²) >= 11 is 5.85. The van der Waals surface area contributed by atoms with E-state index in [9.17, 15) is 8.78 Å². The molecule has 1 atom stereocenters. The normalized spacial score (nSPS) is 12.2. The van der Waals surface area contributed by atoms with Gasteiger partial charge in [0.15, 0.2) is 5.11 Å². The fourth-order valence-electron chi connectivity index (χ4n) is 2.36. The molecule has 0 aliphatic heterocycles. The molecule has 0 saturated heterocycles. The Balaban J connectivity index is 1.89. The van der Waals surface area contributed by atoms with Gasteiger partial charge in [-0.05, 0) is 56.1 Å². The zero-order valence-electron chi connectivity index (χ0n) is 14.1. The topological polar surface area (TPSA) is 27.3 Å². The molecule has 0 aliphatic carbocycles. The van der Waals surface area contributed by atoms with Crippen molar-refractivity contribution in [2.45, 2.75) is 16.7 Å². The number of alkyl halides is 2. The molecule has 3 nitrogen and oxygen atoms in total. The Morgan fingerprint density at radius 2 is 1.72 bits per heavy atom. The van der Waals surface area contributed by atoms with Crippen LogP contribution in [0.3, 0.4) is 0 Å². The van der Waals surface area contributed by atoms with Crippen molar-refractivity contribution in [2.24, 2.45) is 0 Å². The molecule has 7 heteroatoms. The largest absolute Gasteiger partial charge is 0.361 e. The van der Waals surface area contributed by atoms with E-state index in [1.807, 2.05) is 32.3 Å². The number of benzene rings is 2. The van der Waals surface area contributed by atoms with Crippen molar-refractivity contribution < 1.29 is 8.78 Å². The number of nitrogens with zero attached hydrogens (tertiary/aromatic N) is 1. The third-order valence-corrected chi connectivity index (χ3v) is 4.57. The van der Waals surface area contributed by atoms with E-state index in [1.165, 1.54) is 5.56 Å². The minimum absolute atomic E-state index is 0.186. The van der Waals surface area contributed by atoms with Gasteiger partial charge in [-0.15, -0.1) is 0 Å². The molecule has 0 radical (unpaired) electrons. The van der Waals surface area contributed by atoms with Crippen molar-refractivity contribution in [2.75, 3.05) is 26.0 Å². The van der Waals surface area contributed by atoms with Crippen LogP contribution in [0.4, 0.5) is 14.5 Å². The highest BCUT2D eigenvalue weighted by molar-refractivity contribution is 7.99. The van der Waals surface area contributed by atoms with Crippen molar-refractivity contribution in [1.82, 2.24) is 10.2 Å². The predicted octanol–water partition coefficient (Wildman–Crippen LogP) is 4.59. The Hall–Kier alpha value is -1.70. The van der Waals surface area contributed by atoms with Crippen LogP contribution in [-0.4, -0.2) is 36.4 Å². The minimum Gasteiger partial charge on any atom is -0.361 e. The number of likely N-dealkylation sites (N-methyl/N-ethyl adjacent to an activating group) is 1. The van der Waals surface area contributed by atoms with Crippen LogP contribution in [0.15, 0.2) is 59.5 Å². The number of anilines is 1. The van der Waals surface area contributed by atoms with Crippen molar-refractivity contribution in [3.8, 4) is 0 Å². The van der Waals surface area contributed by atoms with Gasteiger partial charge >= 0.3 is 0 Å². The molecule has 0 saturated carbocycles. The first-order valence-electron chi connectivity index (χ1n) is 7.77. The third kappa shape index (κ3) is 6.61. The molecule has 2 aromatic rings. The van der Waals surface area contributed by atoms with Gasteiger partial charge in [0.05, 0.1) is 6.04 Å². The molecule has 2 rings (SSSR count). The average Bonchev–Trinajstić information content (AvgIpc) is 2.57. The number of hydrogen-bond donors (Lipinski definition) is 2. The second kappa shape index (κ2) is 9.70. The van der Waals surface area contributed by atoms with Crippen LogP contribution < -0.4 is 10.6 Å². The number of thiocarbonyl (C=S) groups is 1. The lowest BCUT2D eigenvalue weighted by atomic mass is 10.1. The third-order valence-electron chi connectivity index (χ3n) is 3.60. The summed E-state index contributed by atoms with van der Waals surface area (Å²) in [5.74, 6) is -2.41. The van der Waals surface area contributed by atoms with Crippen molar-refractivity contribution in [1.29, 1.82) is 0 Å². The first-order valence-corrected chi connectivity index (χ1v) is 9.05. The van der Waals surface area contributed by atoms with E-state index < -0.39 is 5.76 Å². The fraction of sp³-hybridized carbons (Fsp3) is 0.278. The van der Waals surface area contributed by atoms with E-state index in [0.29, 0.717) is 28.3 Å². The van der Waals surface area contributed by atoms with Gasteiger partial charge < -0.3 is 15.5 Å². The van der Waals surface area contributed by atoms with Crippen LogP contribution in [0.5, 0.6) is 0 Å². The van der Waals surface area contributed by atoms with Gasteiger partial charge in [0, 0.05) is 17.1 Å². The summed E-state index contributed by atoms with van der Waals surface area (Å²) in [7, 11) is 4.05. The minimum atomic E-state index is -2.41. The van der Waals surface area contributed by atoms with Crippen molar-refractivity contribution in [3.63, 3.8) is 0 Å². The van der Waals surface area contributed by atoms with Crippen LogP contribution in [0.25, 0.3) is 0 Å². The molecule has 134 valence electrons. The van der Waals surface area contributed by atoms with Gasteiger partial charge in [-0.2, -0.15) is 8.78 Å². The van der Waals surface area contributed by atoms with E-state index in [2.05, 4.69) is 27.7 Å². The number of rotatable bonds is 7. The average molecular weight is 382 g/mol. The molecule has 2 N–H and O–H groups in total. The Morgan fingerprint density at radius 3 is 2.28 bits per heavy atom. The summed E-state index contributed by atoms with van der Waals surface area (Å²) in [5.41, 5.74) is 1.97. The summed E-state index contributed by atoms with van der Waals surface area (Å²) in [5, 5.41) is 6.78. The number of hydrogen-bond acceptors (Lipinski definition) is 3. The highest BCUT2D eigenvalue weighted by atomic mass is 32.2. The Labute approximate surface area is 156 Å². The van der Waals surface area contributed by atoms with Crippen LogP contribution in [0, 0.1) is 0 Å². The summed E-state index contributed by atoms with van der Waals surface area (Å²) in [6, 6.07) is 17.1. The van der Waals surface area contributed by atoms with Crippen molar-refractivity contribution >= 4 is 34.8 Å². The highest BCUT2D eigenvalue weighted by Crippen LogP contribution is 2.26. The van der Waals surface area contributed by atoms with Gasteiger partial charge in [0.2, 0.25) is 0 Å². The Kier molecular flexibility index (Phi) is 7.61. The van der Waals surface area contributed by atoms with E-state index in [1.54, 1.807) is 24.3 Å². The molecule has 2 aromatic carbocycles. The van der Waals surface area contributed by atoms with Crippen molar-refractivity contribution in [3.05, 3.63) is 60.2 Å². The maximum Gasteiger partial charge on any atom is 0.288 e. The SMILES string of the molecule is CN(C)[C@H](CNC(=S)Nc1ccc(SC(F)F)cc1)c1ccccc1. The summed E-state index contributed by atoms with van der Waals surface area (Å²) in [4.78, 5) is 2.65. The number of halogens is 2. The van der Waals surface area contributed by atoms with Crippen LogP contribution >= 0.6 is 24.0 Å². The van der Waals surface area contributed by atoms with Crippen LogP contribution in [0.2, 0.25) is 0 Å². The molecule has 0 amide bonds. The monoisotopic (exact) mass is 381 g/mol. The molecular formula is C18H21F2N3S2. The molecule has 0 heterocycles. The standard InChI is InChI=1S/C18H21F2N3S2/c1-23(2)16(13-6-4-3-5-7-13)12-21-18(24)22-14-8-10-15(11-9-14)25-17(19)20/h3-11,16-17H,12H2,1-2H3,(H2,21,22,24)/t16-/m1/s1. The molecular weight excluding hydrogens is 360 g/mol. The van der Waals surface area contributed by atoms with Gasteiger partial charge in [0.1, 0.15) is 0 Å². The first-order chi connectivity index (χ1) is 12.0. The van der Waals surface area contributed by atoms with E-state index >= 15 is 0 Å². The zero-order chi connectivity index (χ0) is 18.2. The van der Waals surface area contributed by atoms with Crippen LogP contribution in [-0.2, 0) is 0 Å². The lowest BCUT2D eigenvalue weighted by Crippen LogP contribution is -2.36. The molecule has 25 heavy (non-hydrogen) atoms. The molecule has 0 spiro atoms. The smallest absolute Gasteiger partial charge is 0.288 e. The lowest BCUT2D eigenvalue weighted by molar-refractivity contribution is 0.252. The summed E-state index contributed by atoms with van der Waals surface area (Å²) in [6.07, 6.45) is 0. The number of thioether (sulfide) groups is 1. The maximum atomic E-state index is 12.3. The molecule has 0 fully saturated rings. The maximum absolute atomic E-state index is 12.3. The molecule has 0 bridgehead atoms. The molecule has 0 unspecified atom stereocenters. The Morgan fingerprint density at radius 1 is 1.08 bits per heavy atom. The molecule has 0 aliphatic rings. The second-order valence-electron chi connectivity index (χ2n) is 5.63. The van der Waals surface area contributed by atoms with Gasteiger partial charge in [-0.3, -0.25) is 0 Å². The summed E-state index contributed by atoms with van der Waals surface area (Å²) in [6.45, 7) is 0.655. The summed E-state index contributed by atoms with van der Waals surface area (Å²) < 4.78 is 24.6. The van der Waals surface area contributed by atoms with E-state index in [-0.39, 0.29) is 6.04 Å².